The number of hydrogen-bond donors (Lipinski definition) is 7. The molecule has 11 atom stereocenters. The number of ether oxygens (including phenoxy) is 4. The van der Waals surface area contributed by atoms with E-state index in [-0.39, 0.29) is 0 Å². The zero-order chi connectivity index (χ0) is 23.4. The molecular formula is C20H27NO11. The molecule has 12 heteroatoms. The minimum atomic E-state index is -1.70. The van der Waals surface area contributed by atoms with Gasteiger partial charge in [-0.25, -0.2) is 0 Å². The SMILES string of the molecule is N#C[C@@H](O[C@H]1O[C@H](CO[C@@H]2O[C@H](CO)[C@@H](O)[C@H](O)[C@H]2O)[C@@H](O)[C@H](O)[C@H]1O)c1ccccc1. The largest absolute Gasteiger partial charge is 0.394 e. The highest BCUT2D eigenvalue weighted by molar-refractivity contribution is 5.22. The van der Waals surface area contributed by atoms with E-state index in [4.69, 9.17) is 18.9 Å². The monoisotopic (exact) mass is 457 g/mol. The van der Waals surface area contributed by atoms with Crippen LogP contribution in [-0.4, -0.2) is 110 Å². The zero-order valence-electron chi connectivity index (χ0n) is 16.9. The molecule has 32 heavy (non-hydrogen) atoms. The molecule has 0 radical (unpaired) electrons. The summed E-state index contributed by atoms with van der Waals surface area (Å²) in [6.07, 6.45) is -16.5. The van der Waals surface area contributed by atoms with Crippen molar-refractivity contribution in [2.75, 3.05) is 13.2 Å². The quantitative estimate of drug-likeness (QED) is 0.218. The van der Waals surface area contributed by atoms with Crippen molar-refractivity contribution >= 4 is 0 Å². The molecule has 0 amide bonds. The lowest BCUT2D eigenvalue weighted by molar-refractivity contribution is -0.334. The first-order chi connectivity index (χ1) is 15.3. The Labute approximate surface area is 183 Å². The van der Waals surface area contributed by atoms with Crippen LogP contribution in [0.5, 0.6) is 0 Å². The molecular weight excluding hydrogens is 430 g/mol. The topological polar surface area (TPSA) is 202 Å². The van der Waals surface area contributed by atoms with Crippen LogP contribution in [0.1, 0.15) is 11.7 Å². The van der Waals surface area contributed by atoms with Gasteiger partial charge in [-0.15, -0.1) is 0 Å². The first kappa shape index (κ1) is 24.9. The van der Waals surface area contributed by atoms with E-state index >= 15 is 0 Å². The number of aliphatic hydroxyl groups excluding tert-OH is 7. The lowest BCUT2D eigenvalue weighted by Crippen LogP contribution is -2.61. The summed E-state index contributed by atoms with van der Waals surface area (Å²) in [5.41, 5.74) is 0.487. The smallest absolute Gasteiger partial charge is 0.188 e. The number of benzene rings is 1. The molecule has 0 unspecified atom stereocenters. The minimum absolute atomic E-state index is 0.487. The third kappa shape index (κ3) is 5.25. The summed E-state index contributed by atoms with van der Waals surface area (Å²) in [5, 5.41) is 79.1. The predicted molar refractivity (Wildman–Crippen MR) is 102 cm³/mol. The molecule has 2 aliphatic heterocycles. The zero-order valence-corrected chi connectivity index (χ0v) is 16.9. The van der Waals surface area contributed by atoms with Crippen molar-refractivity contribution in [1.82, 2.24) is 0 Å². The highest BCUT2D eigenvalue weighted by atomic mass is 16.7. The van der Waals surface area contributed by atoms with Crippen LogP contribution < -0.4 is 0 Å². The van der Waals surface area contributed by atoms with Gasteiger partial charge in [0.2, 0.25) is 0 Å². The fourth-order valence-corrected chi connectivity index (χ4v) is 3.51. The van der Waals surface area contributed by atoms with E-state index in [0.29, 0.717) is 5.56 Å². The summed E-state index contributed by atoms with van der Waals surface area (Å²) in [5.74, 6) is 0. The lowest BCUT2D eigenvalue weighted by atomic mass is 9.98. The molecule has 0 aromatic heterocycles. The number of hydrogen-bond acceptors (Lipinski definition) is 12. The highest BCUT2D eigenvalue weighted by Gasteiger charge is 2.48. The van der Waals surface area contributed by atoms with Crippen LogP contribution in [0.3, 0.4) is 0 Å². The van der Waals surface area contributed by atoms with Crippen LogP contribution in [0.25, 0.3) is 0 Å². The van der Waals surface area contributed by atoms with Gasteiger partial charge in [0, 0.05) is 0 Å². The average molecular weight is 457 g/mol. The van der Waals surface area contributed by atoms with Gasteiger partial charge >= 0.3 is 0 Å². The predicted octanol–water partition coefficient (Wildman–Crippen LogP) is -3.11. The van der Waals surface area contributed by atoms with Crippen LogP contribution in [-0.2, 0) is 18.9 Å². The standard InChI is InChI=1S/C20H27NO11/c21-6-10(9-4-2-1-3-5-9)30-20-18(28)16(26)14(24)12(32-20)8-29-19-17(27)15(25)13(23)11(7-22)31-19/h1-5,10-20,22-28H,7-8H2/t10-,11-,12-,13-,14-,15+,16+,17-,18-,19-,20+/m1/s1. The Kier molecular flexibility index (Phi) is 8.50. The second-order valence-electron chi connectivity index (χ2n) is 7.60. The number of nitriles is 1. The summed E-state index contributed by atoms with van der Waals surface area (Å²) in [4.78, 5) is 0. The van der Waals surface area contributed by atoms with Crippen molar-refractivity contribution in [2.24, 2.45) is 0 Å². The summed E-state index contributed by atoms with van der Waals surface area (Å²) >= 11 is 0. The molecule has 2 saturated heterocycles. The van der Waals surface area contributed by atoms with Gasteiger partial charge in [-0.3, -0.25) is 0 Å². The molecule has 0 aliphatic carbocycles. The van der Waals surface area contributed by atoms with Gasteiger partial charge in [0.15, 0.2) is 18.7 Å². The van der Waals surface area contributed by atoms with Crippen LogP contribution in [0.4, 0.5) is 0 Å². The van der Waals surface area contributed by atoms with Gasteiger partial charge in [0.25, 0.3) is 0 Å². The molecule has 2 aliphatic rings. The van der Waals surface area contributed by atoms with Crippen LogP contribution in [0, 0.1) is 11.3 Å². The van der Waals surface area contributed by atoms with E-state index in [0.717, 1.165) is 0 Å². The molecule has 7 N–H and O–H groups in total. The van der Waals surface area contributed by atoms with Crippen molar-refractivity contribution in [3.63, 3.8) is 0 Å². The molecule has 1 aromatic carbocycles. The maximum absolute atomic E-state index is 10.3. The maximum atomic E-state index is 10.3. The van der Waals surface area contributed by atoms with Crippen molar-refractivity contribution < 1.29 is 54.7 Å². The first-order valence-electron chi connectivity index (χ1n) is 10.00. The summed E-state index contributed by atoms with van der Waals surface area (Å²) < 4.78 is 21.6. The van der Waals surface area contributed by atoms with E-state index in [1.807, 2.05) is 6.07 Å². The van der Waals surface area contributed by atoms with Crippen molar-refractivity contribution in [3.8, 4) is 6.07 Å². The van der Waals surface area contributed by atoms with E-state index in [9.17, 15) is 41.0 Å². The maximum Gasteiger partial charge on any atom is 0.188 e. The Balaban J connectivity index is 1.65. The average Bonchev–Trinajstić information content (AvgIpc) is 2.81. The number of nitrogens with zero attached hydrogens (tertiary/aromatic N) is 1. The second-order valence-corrected chi connectivity index (χ2v) is 7.60. The molecule has 1 aromatic rings. The fourth-order valence-electron chi connectivity index (χ4n) is 3.51. The molecule has 0 bridgehead atoms. The van der Waals surface area contributed by atoms with Gasteiger partial charge in [-0.1, -0.05) is 30.3 Å². The summed E-state index contributed by atoms with van der Waals surface area (Å²) in [7, 11) is 0. The number of rotatable bonds is 7. The van der Waals surface area contributed by atoms with E-state index in [2.05, 4.69) is 0 Å². The molecule has 12 nitrogen and oxygen atoms in total. The van der Waals surface area contributed by atoms with Crippen LogP contribution in [0.2, 0.25) is 0 Å². The molecule has 3 rings (SSSR count). The minimum Gasteiger partial charge on any atom is -0.394 e. The molecule has 2 heterocycles. The Morgan fingerprint density at radius 1 is 0.812 bits per heavy atom. The normalized spacial score (nSPS) is 41.1. The first-order valence-corrected chi connectivity index (χ1v) is 10.00. The highest BCUT2D eigenvalue weighted by Crippen LogP contribution is 2.28. The van der Waals surface area contributed by atoms with Gasteiger partial charge in [0.05, 0.1) is 19.3 Å². The van der Waals surface area contributed by atoms with Crippen molar-refractivity contribution in [3.05, 3.63) is 35.9 Å². The van der Waals surface area contributed by atoms with Gasteiger partial charge in [-0.05, 0) is 5.56 Å². The van der Waals surface area contributed by atoms with E-state index in [1.54, 1.807) is 30.3 Å². The van der Waals surface area contributed by atoms with Crippen molar-refractivity contribution in [1.29, 1.82) is 5.26 Å². The third-order valence-electron chi connectivity index (χ3n) is 5.43. The van der Waals surface area contributed by atoms with Crippen LogP contribution >= 0.6 is 0 Å². The van der Waals surface area contributed by atoms with Crippen LogP contribution in [0.15, 0.2) is 30.3 Å². The second kappa shape index (κ2) is 10.9. The third-order valence-corrected chi connectivity index (χ3v) is 5.43. The molecule has 0 saturated carbocycles. The Morgan fingerprint density at radius 3 is 1.97 bits per heavy atom. The van der Waals surface area contributed by atoms with E-state index in [1.165, 1.54) is 0 Å². The Bertz CT molecular complexity index is 760. The fraction of sp³-hybridized carbons (Fsp3) is 0.650. The van der Waals surface area contributed by atoms with Crippen molar-refractivity contribution in [2.45, 2.75) is 67.5 Å². The molecule has 0 spiro atoms. The molecule has 178 valence electrons. The summed E-state index contributed by atoms with van der Waals surface area (Å²) in [6.45, 7) is -1.14. The van der Waals surface area contributed by atoms with Gasteiger partial charge in [0.1, 0.15) is 48.8 Å². The lowest BCUT2D eigenvalue weighted by Gasteiger charge is -2.43. The van der Waals surface area contributed by atoms with Gasteiger partial charge < -0.3 is 54.7 Å². The summed E-state index contributed by atoms with van der Waals surface area (Å²) in [6, 6.07) is 10.3. The Morgan fingerprint density at radius 2 is 1.38 bits per heavy atom. The Hall–Kier alpha value is -1.73. The van der Waals surface area contributed by atoms with Gasteiger partial charge in [-0.2, -0.15) is 5.26 Å². The molecule has 2 fully saturated rings. The number of aliphatic hydroxyl groups is 7. The van der Waals surface area contributed by atoms with E-state index < -0.39 is 80.7 Å².